The maximum absolute atomic E-state index is 12.1. The van der Waals surface area contributed by atoms with Crippen LogP contribution in [0.3, 0.4) is 0 Å². The lowest BCUT2D eigenvalue weighted by Gasteiger charge is -2.17. The Morgan fingerprint density at radius 3 is 2.55 bits per heavy atom. The van der Waals surface area contributed by atoms with E-state index in [4.69, 9.17) is 15.2 Å². The summed E-state index contributed by atoms with van der Waals surface area (Å²) in [5, 5.41) is 0. The molecule has 1 aromatic rings. The number of nitrogen functional groups attached to an aromatic ring is 1. The van der Waals surface area contributed by atoms with Crippen molar-refractivity contribution >= 4 is 11.7 Å². The molecule has 0 amide bonds. The normalized spacial score (nSPS) is 11.0. The van der Waals surface area contributed by atoms with E-state index in [0.29, 0.717) is 36.1 Å². The number of anilines is 1. The van der Waals surface area contributed by atoms with Crippen molar-refractivity contribution in [1.82, 2.24) is 4.90 Å². The van der Waals surface area contributed by atoms with Crippen LogP contribution in [0.1, 0.15) is 38.1 Å². The Balaban J connectivity index is 2.59. The first-order valence-electron chi connectivity index (χ1n) is 7.89. The molecule has 22 heavy (non-hydrogen) atoms. The molecule has 0 aliphatic heterocycles. The van der Waals surface area contributed by atoms with Gasteiger partial charge in [-0.15, -0.1) is 0 Å². The summed E-state index contributed by atoms with van der Waals surface area (Å²) < 4.78 is 10.9. The van der Waals surface area contributed by atoms with Gasteiger partial charge in [-0.25, -0.2) is 4.79 Å². The second-order valence-electron chi connectivity index (χ2n) is 5.62. The van der Waals surface area contributed by atoms with Crippen molar-refractivity contribution in [2.75, 3.05) is 38.6 Å². The van der Waals surface area contributed by atoms with E-state index in [1.807, 2.05) is 0 Å². The summed E-state index contributed by atoms with van der Waals surface area (Å²) >= 11 is 0. The zero-order valence-corrected chi connectivity index (χ0v) is 14.1. The van der Waals surface area contributed by atoms with Crippen molar-refractivity contribution in [3.63, 3.8) is 0 Å². The van der Waals surface area contributed by atoms with Gasteiger partial charge in [-0.2, -0.15) is 0 Å². The largest absolute Gasteiger partial charge is 0.491 e. The molecule has 5 heteroatoms. The SMILES string of the molecule is CCN(CC)CCOC(=O)c1ccc(N)c(OCC(C)C)c1. The van der Waals surface area contributed by atoms with Crippen LogP contribution in [0.4, 0.5) is 5.69 Å². The van der Waals surface area contributed by atoms with Crippen LogP contribution in [0, 0.1) is 5.92 Å². The van der Waals surface area contributed by atoms with Crippen molar-refractivity contribution in [3.8, 4) is 5.75 Å². The van der Waals surface area contributed by atoms with Gasteiger partial charge >= 0.3 is 5.97 Å². The number of hydrogen-bond donors (Lipinski definition) is 1. The van der Waals surface area contributed by atoms with E-state index in [2.05, 4.69) is 32.6 Å². The summed E-state index contributed by atoms with van der Waals surface area (Å²) in [6, 6.07) is 4.99. The van der Waals surface area contributed by atoms with Gasteiger partial charge in [0.2, 0.25) is 0 Å². The summed E-state index contributed by atoms with van der Waals surface area (Å²) in [5.41, 5.74) is 6.86. The van der Waals surface area contributed by atoms with Crippen LogP contribution < -0.4 is 10.5 Å². The van der Waals surface area contributed by atoms with Crippen LogP contribution in [-0.4, -0.2) is 43.7 Å². The summed E-state index contributed by atoms with van der Waals surface area (Å²) in [5.74, 6) is 0.581. The molecule has 0 fully saturated rings. The van der Waals surface area contributed by atoms with E-state index in [9.17, 15) is 4.79 Å². The molecule has 0 aromatic heterocycles. The molecule has 1 aromatic carbocycles. The van der Waals surface area contributed by atoms with Crippen molar-refractivity contribution in [3.05, 3.63) is 23.8 Å². The minimum absolute atomic E-state index is 0.346. The second-order valence-corrected chi connectivity index (χ2v) is 5.62. The lowest BCUT2D eigenvalue weighted by atomic mass is 10.2. The van der Waals surface area contributed by atoms with Gasteiger partial charge in [-0.1, -0.05) is 27.7 Å². The first kappa shape index (κ1) is 18.3. The highest BCUT2D eigenvalue weighted by Crippen LogP contribution is 2.23. The fourth-order valence-corrected chi connectivity index (χ4v) is 1.93. The third-order valence-electron chi connectivity index (χ3n) is 3.36. The van der Waals surface area contributed by atoms with E-state index in [0.717, 1.165) is 19.6 Å². The maximum atomic E-state index is 12.1. The lowest BCUT2D eigenvalue weighted by Crippen LogP contribution is -2.27. The van der Waals surface area contributed by atoms with Crippen LogP contribution in [0.5, 0.6) is 5.75 Å². The van der Waals surface area contributed by atoms with Crippen molar-refractivity contribution in [1.29, 1.82) is 0 Å². The zero-order chi connectivity index (χ0) is 16.5. The standard InChI is InChI=1S/C17H28N2O3/c1-5-19(6-2)9-10-21-17(20)14-7-8-15(18)16(11-14)22-12-13(3)4/h7-8,11,13H,5-6,9-10,12,18H2,1-4H3. The number of ether oxygens (including phenoxy) is 2. The molecule has 124 valence electrons. The maximum Gasteiger partial charge on any atom is 0.338 e. The summed E-state index contributed by atoms with van der Waals surface area (Å²) in [4.78, 5) is 14.3. The van der Waals surface area contributed by atoms with Gasteiger partial charge < -0.3 is 20.1 Å². The third-order valence-corrected chi connectivity index (χ3v) is 3.36. The molecule has 0 aliphatic rings. The Bertz CT molecular complexity index is 471. The van der Waals surface area contributed by atoms with Crippen LogP contribution in [0.2, 0.25) is 0 Å². The molecule has 5 nitrogen and oxygen atoms in total. The predicted molar refractivity (Wildman–Crippen MR) is 89.3 cm³/mol. The average Bonchev–Trinajstić information content (AvgIpc) is 2.50. The van der Waals surface area contributed by atoms with Gasteiger partial charge in [-0.05, 0) is 37.2 Å². The number of nitrogens with two attached hydrogens (primary N) is 1. The van der Waals surface area contributed by atoms with E-state index in [1.54, 1.807) is 18.2 Å². The molecule has 2 N–H and O–H groups in total. The monoisotopic (exact) mass is 308 g/mol. The minimum atomic E-state index is -0.346. The highest BCUT2D eigenvalue weighted by molar-refractivity contribution is 5.90. The molecule has 0 heterocycles. The number of carbonyl (C=O) groups excluding carboxylic acids is 1. The van der Waals surface area contributed by atoms with E-state index in [-0.39, 0.29) is 5.97 Å². The Hall–Kier alpha value is -1.75. The number of esters is 1. The molecule has 1 rings (SSSR count). The highest BCUT2D eigenvalue weighted by Gasteiger charge is 2.11. The molecule has 0 radical (unpaired) electrons. The number of carbonyl (C=O) groups is 1. The van der Waals surface area contributed by atoms with Gasteiger partial charge in [0.05, 0.1) is 17.9 Å². The van der Waals surface area contributed by atoms with Crippen molar-refractivity contribution < 1.29 is 14.3 Å². The summed E-state index contributed by atoms with van der Waals surface area (Å²) in [7, 11) is 0. The topological polar surface area (TPSA) is 64.8 Å². The first-order valence-corrected chi connectivity index (χ1v) is 7.89. The first-order chi connectivity index (χ1) is 10.5. The zero-order valence-electron chi connectivity index (χ0n) is 14.1. The molecule has 0 bridgehead atoms. The highest BCUT2D eigenvalue weighted by atomic mass is 16.5. The number of rotatable bonds is 9. The molecular weight excluding hydrogens is 280 g/mol. The predicted octanol–water partition coefficient (Wildman–Crippen LogP) is 2.80. The van der Waals surface area contributed by atoms with Crippen LogP contribution in [-0.2, 0) is 4.74 Å². The van der Waals surface area contributed by atoms with Crippen molar-refractivity contribution in [2.45, 2.75) is 27.7 Å². The number of nitrogens with zero attached hydrogens (tertiary/aromatic N) is 1. The van der Waals surface area contributed by atoms with Gasteiger partial charge in [0, 0.05) is 6.54 Å². The quantitative estimate of drug-likeness (QED) is 0.561. The lowest BCUT2D eigenvalue weighted by molar-refractivity contribution is 0.0466. The molecule has 0 atom stereocenters. The molecule has 0 spiro atoms. The number of hydrogen-bond acceptors (Lipinski definition) is 5. The van der Waals surface area contributed by atoms with Crippen LogP contribution >= 0.6 is 0 Å². The molecule has 0 saturated carbocycles. The smallest absolute Gasteiger partial charge is 0.338 e. The summed E-state index contributed by atoms with van der Waals surface area (Å²) in [6.07, 6.45) is 0. The number of benzene rings is 1. The van der Waals surface area contributed by atoms with Gasteiger partial charge in [0.1, 0.15) is 12.4 Å². The van der Waals surface area contributed by atoms with Crippen LogP contribution in [0.25, 0.3) is 0 Å². The molecule has 0 aliphatic carbocycles. The van der Waals surface area contributed by atoms with Crippen LogP contribution in [0.15, 0.2) is 18.2 Å². The van der Waals surface area contributed by atoms with Crippen molar-refractivity contribution in [2.24, 2.45) is 5.92 Å². The Morgan fingerprint density at radius 2 is 1.95 bits per heavy atom. The Morgan fingerprint density at radius 1 is 1.27 bits per heavy atom. The van der Waals surface area contributed by atoms with E-state index >= 15 is 0 Å². The number of likely N-dealkylation sites (N-methyl/N-ethyl adjacent to an activating group) is 1. The Kier molecular flexibility index (Phi) is 7.74. The van der Waals surface area contributed by atoms with Gasteiger partial charge in [0.25, 0.3) is 0 Å². The third kappa shape index (κ3) is 5.93. The van der Waals surface area contributed by atoms with E-state index in [1.165, 1.54) is 0 Å². The second kappa shape index (κ2) is 9.30. The fourth-order valence-electron chi connectivity index (χ4n) is 1.93. The van der Waals surface area contributed by atoms with Gasteiger partial charge in [-0.3, -0.25) is 0 Å². The molecular formula is C17H28N2O3. The molecule has 0 saturated heterocycles. The Labute approximate surface area is 133 Å². The fraction of sp³-hybridized carbons (Fsp3) is 0.588. The summed E-state index contributed by atoms with van der Waals surface area (Å²) in [6.45, 7) is 11.9. The minimum Gasteiger partial charge on any atom is -0.491 e. The van der Waals surface area contributed by atoms with E-state index < -0.39 is 0 Å². The average molecular weight is 308 g/mol. The van der Waals surface area contributed by atoms with Gasteiger partial charge in [0.15, 0.2) is 0 Å². The molecule has 0 unspecified atom stereocenters.